The topological polar surface area (TPSA) is 69.2 Å². The molecule has 3 aromatic rings. The van der Waals surface area contributed by atoms with E-state index in [1.807, 2.05) is 18.2 Å². The van der Waals surface area contributed by atoms with E-state index in [0.29, 0.717) is 16.5 Å². The van der Waals surface area contributed by atoms with E-state index < -0.39 is 5.82 Å². The van der Waals surface area contributed by atoms with E-state index in [9.17, 15) is 9.65 Å². The van der Waals surface area contributed by atoms with Crippen LogP contribution in [0.2, 0.25) is 0 Å². The van der Waals surface area contributed by atoms with E-state index in [-0.39, 0.29) is 11.4 Å². The highest BCUT2D eigenvalue weighted by Crippen LogP contribution is 2.29. The molecule has 2 N–H and O–H groups in total. The number of pyridine rings is 1. The molecule has 2 aromatic carbocycles. The molecule has 0 atom stereocenters. The first-order chi connectivity index (χ1) is 13.5. The number of aromatic nitrogens is 1. The van der Waals surface area contributed by atoms with Crippen molar-refractivity contribution < 1.29 is 4.39 Å². The average molecular weight is 375 g/mol. The Balaban J connectivity index is 1.61. The number of rotatable bonds is 3. The van der Waals surface area contributed by atoms with Gasteiger partial charge in [0.1, 0.15) is 11.6 Å². The van der Waals surface area contributed by atoms with Crippen molar-refractivity contribution in [3.8, 4) is 17.3 Å². The Morgan fingerprint density at radius 2 is 1.79 bits per heavy atom. The van der Waals surface area contributed by atoms with Crippen LogP contribution in [0.15, 0.2) is 42.5 Å². The summed E-state index contributed by atoms with van der Waals surface area (Å²) in [6, 6.07) is 14.6. The number of anilines is 1. The second-order valence-corrected chi connectivity index (χ2v) is 7.33. The zero-order valence-electron chi connectivity index (χ0n) is 15.8. The minimum atomic E-state index is -0.487. The van der Waals surface area contributed by atoms with Gasteiger partial charge in [0.2, 0.25) is 0 Å². The number of halogens is 1. The van der Waals surface area contributed by atoms with Crippen LogP contribution in [0.4, 0.5) is 10.2 Å². The molecule has 0 radical (unpaired) electrons. The smallest absolute Gasteiger partial charge is 0.132 e. The second kappa shape index (κ2) is 7.55. The SMILES string of the molecule is CN1CCN(Cc2ccc(-c3cc4c(C#N)cc(F)cc4c(N)n3)cc2)CC1. The first-order valence-corrected chi connectivity index (χ1v) is 9.33. The number of nitrogens with zero attached hydrogens (tertiary/aromatic N) is 4. The maximum Gasteiger partial charge on any atom is 0.132 e. The second-order valence-electron chi connectivity index (χ2n) is 7.33. The number of nitrogens with two attached hydrogens (primary N) is 1. The summed E-state index contributed by atoms with van der Waals surface area (Å²) in [5.41, 5.74) is 9.17. The summed E-state index contributed by atoms with van der Waals surface area (Å²) < 4.78 is 13.7. The molecule has 142 valence electrons. The molecule has 0 aliphatic carbocycles. The van der Waals surface area contributed by atoms with Gasteiger partial charge in [-0.15, -0.1) is 0 Å². The van der Waals surface area contributed by atoms with Crippen LogP contribution in [-0.4, -0.2) is 48.0 Å². The van der Waals surface area contributed by atoms with E-state index in [2.05, 4.69) is 34.0 Å². The zero-order valence-corrected chi connectivity index (χ0v) is 15.8. The number of hydrogen-bond acceptors (Lipinski definition) is 5. The van der Waals surface area contributed by atoms with E-state index in [4.69, 9.17) is 5.73 Å². The molecule has 5 nitrogen and oxygen atoms in total. The normalized spacial score (nSPS) is 15.6. The fourth-order valence-electron chi connectivity index (χ4n) is 3.63. The Labute approximate surface area is 163 Å². The first kappa shape index (κ1) is 18.4. The molecule has 1 aliphatic heterocycles. The molecule has 0 unspecified atom stereocenters. The zero-order chi connectivity index (χ0) is 19.7. The Hall–Kier alpha value is -3.01. The van der Waals surface area contributed by atoms with Gasteiger partial charge in [-0.1, -0.05) is 24.3 Å². The van der Waals surface area contributed by atoms with Crippen molar-refractivity contribution in [1.29, 1.82) is 5.26 Å². The lowest BCUT2D eigenvalue weighted by atomic mass is 10.0. The molecule has 1 saturated heterocycles. The van der Waals surface area contributed by atoms with Gasteiger partial charge in [-0.2, -0.15) is 5.26 Å². The van der Waals surface area contributed by atoms with Crippen LogP contribution < -0.4 is 5.73 Å². The van der Waals surface area contributed by atoms with Crippen molar-refractivity contribution >= 4 is 16.6 Å². The third kappa shape index (κ3) is 3.68. The molecule has 0 saturated carbocycles. The largest absolute Gasteiger partial charge is 0.383 e. The van der Waals surface area contributed by atoms with Crippen LogP contribution in [0.25, 0.3) is 22.0 Å². The molecule has 1 aliphatic rings. The Kier molecular flexibility index (Phi) is 4.95. The fraction of sp³-hybridized carbons (Fsp3) is 0.273. The summed E-state index contributed by atoms with van der Waals surface area (Å²) in [5, 5.41) is 10.4. The lowest BCUT2D eigenvalue weighted by Crippen LogP contribution is -2.43. The van der Waals surface area contributed by atoms with Crippen LogP contribution in [-0.2, 0) is 6.54 Å². The molecule has 0 bridgehead atoms. The fourth-order valence-corrected chi connectivity index (χ4v) is 3.63. The molecule has 4 rings (SSSR count). The van der Waals surface area contributed by atoms with E-state index >= 15 is 0 Å². The predicted molar refractivity (Wildman–Crippen MR) is 109 cm³/mol. The molecule has 0 amide bonds. The summed E-state index contributed by atoms with van der Waals surface area (Å²) in [4.78, 5) is 9.22. The summed E-state index contributed by atoms with van der Waals surface area (Å²) >= 11 is 0. The van der Waals surface area contributed by atoms with Crippen molar-refractivity contribution in [2.24, 2.45) is 0 Å². The van der Waals surface area contributed by atoms with Gasteiger partial charge in [-0.05, 0) is 30.8 Å². The standard InChI is InChI=1S/C22H22FN5/c1-27-6-8-28(9-7-27)14-15-2-4-16(5-3-15)21-12-19-17(13-24)10-18(23)11-20(19)22(25)26-21/h2-5,10-12H,6-9,14H2,1H3,(H2,25,26). The number of nitriles is 1. The van der Waals surface area contributed by atoms with Crippen molar-refractivity contribution in [3.05, 3.63) is 59.4 Å². The number of hydrogen-bond donors (Lipinski definition) is 1. The highest BCUT2D eigenvalue weighted by Gasteiger charge is 2.14. The molecular weight excluding hydrogens is 353 g/mol. The molecule has 2 heterocycles. The quantitative estimate of drug-likeness (QED) is 0.761. The van der Waals surface area contributed by atoms with Crippen LogP contribution >= 0.6 is 0 Å². The van der Waals surface area contributed by atoms with Gasteiger partial charge in [0.15, 0.2) is 0 Å². The van der Waals surface area contributed by atoms with Crippen molar-refractivity contribution in [2.45, 2.75) is 6.54 Å². The summed E-state index contributed by atoms with van der Waals surface area (Å²) in [6.45, 7) is 5.28. The molecule has 1 fully saturated rings. The van der Waals surface area contributed by atoms with Crippen molar-refractivity contribution in [2.75, 3.05) is 39.0 Å². The lowest BCUT2D eigenvalue weighted by Gasteiger charge is -2.32. The highest BCUT2D eigenvalue weighted by atomic mass is 19.1. The van der Waals surface area contributed by atoms with Gasteiger partial charge in [-0.3, -0.25) is 4.90 Å². The minimum Gasteiger partial charge on any atom is -0.383 e. The third-order valence-corrected chi connectivity index (χ3v) is 5.31. The maximum absolute atomic E-state index is 13.7. The van der Waals surface area contributed by atoms with Gasteiger partial charge < -0.3 is 10.6 Å². The molecular formula is C22H22FN5. The summed E-state index contributed by atoms with van der Waals surface area (Å²) in [5.74, 6) is -0.261. The van der Waals surface area contributed by atoms with Crippen LogP contribution in [0, 0.1) is 17.1 Å². The summed E-state index contributed by atoms with van der Waals surface area (Å²) in [7, 11) is 2.15. The Morgan fingerprint density at radius 3 is 2.46 bits per heavy atom. The highest BCUT2D eigenvalue weighted by molar-refractivity contribution is 5.97. The van der Waals surface area contributed by atoms with Gasteiger partial charge in [0, 0.05) is 49.1 Å². The average Bonchev–Trinajstić information content (AvgIpc) is 2.70. The summed E-state index contributed by atoms with van der Waals surface area (Å²) in [6.07, 6.45) is 0. The number of nitrogen functional groups attached to an aromatic ring is 1. The Bertz CT molecular complexity index is 1050. The predicted octanol–water partition coefficient (Wildman–Crippen LogP) is 3.24. The van der Waals surface area contributed by atoms with Crippen LogP contribution in [0.3, 0.4) is 0 Å². The minimum absolute atomic E-state index is 0.227. The molecule has 0 spiro atoms. The van der Waals surface area contributed by atoms with Crippen LogP contribution in [0.5, 0.6) is 0 Å². The number of likely N-dealkylation sites (N-methyl/N-ethyl adjacent to an activating group) is 1. The lowest BCUT2D eigenvalue weighted by molar-refractivity contribution is 0.148. The number of benzene rings is 2. The van der Waals surface area contributed by atoms with Crippen LogP contribution in [0.1, 0.15) is 11.1 Å². The maximum atomic E-state index is 13.7. The van der Waals surface area contributed by atoms with E-state index in [1.54, 1.807) is 6.07 Å². The van der Waals surface area contributed by atoms with Crippen molar-refractivity contribution in [1.82, 2.24) is 14.8 Å². The number of piperazine rings is 1. The van der Waals surface area contributed by atoms with Crippen molar-refractivity contribution in [3.63, 3.8) is 0 Å². The first-order valence-electron chi connectivity index (χ1n) is 9.33. The van der Waals surface area contributed by atoms with Gasteiger partial charge in [0.05, 0.1) is 17.3 Å². The number of fused-ring (bicyclic) bond motifs is 1. The molecule has 6 heteroatoms. The van der Waals surface area contributed by atoms with Gasteiger partial charge >= 0.3 is 0 Å². The van der Waals surface area contributed by atoms with Gasteiger partial charge in [0.25, 0.3) is 0 Å². The molecule has 28 heavy (non-hydrogen) atoms. The van der Waals surface area contributed by atoms with Gasteiger partial charge in [-0.25, -0.2) is 9.37 Å². The Morgan fingerprint density at radius 1 is 1.07 bits per heavy atom. The van der Waals surface area contributed by atoms with E-state index in [1.165, 1.54) is 17.7 Å². The third-order valence-electron chi connectivity index (χ3n) is 5.31. The monoisotopic (exact) mass is 375 g/mol. The molecule has 1 aromatic heterocycles. The van der Waals surface area contributed by atoms with E-state index in [0.717, 1.165) is 38.3 Å².